The fraction of sp³-hybridized carbons (Fsp3) is 0.500. The van der Waals surface area contributed by atoms with E-state index in [2.05, 4.69) is 6.07 Å². The number of ether oxygens (including phenoxy) is 3. The molecule has 96 valence electrons. The van der Waals surface area contributed by atoms with Crippen molar-refractivity contribution in [3.63, 3.8) is 0 Å². The van der Waals surface area contributed by atoms with Gasteiger partial charge in [-0.2, -0.15) is 0 Å². The standard InChI is InChI=1S/C14H16O4/c1-3-16-13(15)12-14(2,18-12)10-4-5-11-9(8-10)6-7-17-11/h4-5,8,12H,3,6-7H2,1-2H3. The molecule has 4 heteroatoms. The van der Waals surface area contributed by atoms with Crippen molar-refractivity contribution in [1.29, 1.82) is 0 Å². The smallest absolute Gasteiger partial charge is 0.338 e. The molecule has 4 nitrogen and oxygen atoms in total. The van der Waals surface area contributed by atoms with Gasteiger partial charge in [-0.25, -0.2) is 4.79 Å². The SMILES string of the molecule is CCOC(=O)C1OC1(C)c1ccc2c(c1)CCO2. The Morgan fingerprint density at radius 3 is 3.17 bits per heavy atom. The molecule has 1 saturated heterocycles. The van der Waals surface area contributed by atoms with Crippen molar-refractivity contribution in [2.24, 2.45) is 0 Å². The van der Waals surface area contributed by atoms with Crippen LogP contribution in [0.3, 0.4) is 0 Å². The Kier molecular flexibility index (Phi) is 2.55. The van der Waals surface area contributed by atoms with E-state index in [9.17, 15) is 4.79 Å². The minimum Gasteiger partial charge on any atom is -0.493 e. The molecule has 2 aliphatic heterocycles. The Bertz CT molecular complexity index is 497. The second kappa shape index (κ2) is 3.99. The second-order valence-electron chi connectivity index (χ2n) is 4.78. The van der Waals surface area contributed by atoms with Crippen molar-refractivity contribution in [1.82, 2.24) is 0 Å². The lowest BCUT2D eigenvalue weighted by molar-refractivity contribution is -0.144. The van der Waals surface area contributed by atoms with Crippen molar-refractivity contribution >= 4 is 5.97 Å². The highest BCUT2D eigenvalue weighted by Crippen LogP contribution is 2.47. The van der Waals surface area contributed by atoms with Crippen LogP contribution in [0.25, 0.3) is 0 Å². The fourth-order valence-electron chi connectivity index (χ4n) is 2.42. The van der Waals surface area contributed by atoms with E-state index in [1.807, 2.05) is 19.1 Å². The molecule has 0 saturated carbocycles. The first-order chi connectivity index (χ1) is 8.65. The number of benzene rings is 1. The summed E-state index contributed by atoms with van der Waals surface area (Å²) >= 11 is 0. The van der Waals surface area contributed by atoms with Crippen LogP contribution >= 0.6 is 0 Å². The Balaban J connectivity index is 1.82. The molecule has 0 aliphatic carbocycles. The lowest BCUT2D eigenvalue weighted by atomic mass is 9.95. The Labute approximate surface area is 106 Å². The molecule has 18 heavy (non-hydrogen) atoms. The van der Waals surface area contributed by atoms with Crippen LogP contribution in [0.15, 0.2) is 18.2 Å². The van der Waals surface area contributed by atoms with Gasteiger partial charge in [-0.15, -0.1) is 0 Å². The second-order valence-corrected chi connectivity index (χ2v) is 4.78. The Hall–Kier alpha value is -1.55. The van der Waals surface area contributed by atoms with Crippen molar-refractivity contribution in [3.8, 4) is 5.75 Å². The van der Waals surface area contributed by atoms with Gasteiger partial charge in [0.1, 0.15) is 11.4 Å². The number of hydrogen-bond acceptors (Lipinski definition) is 4. The normalized spacial score (nSPS) is 28.4. The highest BCUT2D eigenvalue weighted by molar-refractivity contribution is 5.79. The zero-order valence-electron chi connectivity index (χ0n) is 10.6. The summed E-state index contributed by atoms with van der Waals surface area (Å²) in [6, 6.07) is 5.98. The zero-order valence-corrected chi connectivity index (χ0v) is 10.6. The van der Waals surface area contributed by atoms with Crippen molar-refractivity contribution in [2.75, 3.05) is 13.2 Å². The van der Waals surface area contributed by atoms with Crippen molar-refractivity contribution in [2.45, 2.75) is 32.0 Å². The Morgan fingerprint density at radius 1 is 1.56 bits per heavy atom. The highest BCUT2D eigenvalue weighted by Gasteiger charge is 2.59. The van der Waals surface area contributed by atoms with Crippen LogP contribution in [0.1, 0.15) is 25.0 Å². The molecule has 1 aromatic rings. The van der Waals surface area contributed by atoms with Gasteiger partial charge in [-0.05, 0) is 37.1 Å². The first-order valence-electron chi connectivity index (χ1n) is 6.26. The van der Waals surface area contributed by atoms with E-state index in [0.717, 1.165) is 24.3 Å². The van der Waals surface area contributed by atoms with Gasteiger partial charge in [-0.1, -0.05) is 6.07 Å². The van der Waals surface area contributed by atoms with Gasteiger partial charge in [-0.3, -0.25) is 0 Å². The number of epoxide rings is 1. The zero-order chi connectivity index (χ0) is 12.8. The third-order valence-corrected chi connectivity index (χ3v) is 3.57. The molecule has 2 aliphatic rings. The molecule has 2 heterocycles. The van der Waals surface area contributed by atoms with Crippen LogP contribution in [-0.4, -0.2) is 25.3 Å². The summed E-state index contributed by atoms with van der Waals surface area (Å²) in [6.45, 7) is 4.83. The largest absolute Gasteiger partial charge is 0.493 e. The number of carbonyl (C=O) groups is 1. The molecule has 0 radical (unpaired) electrons. The molecule has 0 bridgehead atoms. The highest BCUT2D eigenvalue weighted by atomic mass is 16.7. The number of esters is 1. The molecule has 2 unspecified atom stereocenters. The summed E-state index contributed by atoms with van der Waals surface area (Å²) in [7, 11) is 0. The van der Waals surface area contributed by atoms with Gasteiger partial charge in [0.05, 0.1) is 13.2 Å². The molecular formula is C14H16O4. The molecule has 1 fully saturated rings. The molecule has 0 N–H and O–H groups in total. The summed E-state index contributed by atoms with van der Waals surface area (Å²) in [5, 5.41) is 0. The van der Waals surface area contributed by atoms with E-state index >= 15 is 0 Å². The first-order valence-corrected chi connectivity index (χ1v) is 6.26. The minimum absolute atomic E-state index is 0.281. The van der Waals surface area contributed by atoms with E-state index in [1.54, 1.807) is 6.92 Å². The van der Waals surface area contributed by atoms with Gasteiger partial charge < -0.3 is 14.2 Å². The summed E-state index contributed by atoms with van der Waals surface area (Å²) in [6.07, 6.45) is 0.446. The summed E-state index contributed by atoms with van der Waals surface area (Å²) in [4.78, 5) is 11.7. The number of rotatable bonds is 3. The first kappa shape index (κ1) is 11.5. The predicted molar refractivity (Wildman–Crippen MR) is 64.5 cm³/mol. The van der Waals surface area contributed by atoms with E-state index in [1.165, 1.54) is 5.56 Å². The number of carbonyl (C=O) groups excluding carboxylic acids is 1. The number of hydrogen-bond donors (Lipinski definition) is 0. The lowest BCUT2D eigenvalue weighted by Crippen LogP contribution is -2.18. The van der Waals surface area contributed by atoms with Gasteiger partial charge >= 0.3 is 5.97 Å². The quantitative estimate of drug-likeness (QED) is 0.604. The van der Waals surface area contributed by atoms with Crippen LogP contribution in [0.5, 0.6) is 5.75 Å². The molecule has 0 spiro atoms. The Morgan fingerprint density at radius 2 is 2.39 bits per heavy atom. The van der Waals surface area contributed by atoms with E-state index in [4.69, 9.17) is 14.2 Å². The lowest BCUT2D eigenvalue weighted by Gasteiger charge is -2.08. The van der Waals surface area contributed by atoms with Gasteiger partial charge in [0.2, 0.25) is 0 Å². The summed E-state index contributed by atoms with van der Waals surface area (Å²) in [5.74, 6) is 0.660. The molecule has 1 aromatic carbocycles. The fourth-order valence-corrected chi connectivity index (χ4v) is 2.42. The van der Waals surface area contributed by atoms with E-state index < -0.39 is 11.7 Å². The monoisotopic (exact) mass is 248 g/mol. The average Bonchev–Trinajstić information content (AvgIpc) is 2.86. The van der Waals surface area contributed by atoms with Crippen molar-refractivity contribution < 1.29 is 19.0 Å². The van der Waals surface area contributed by atoms with E-state index in [0.29, 0.717) is 6.61 Å². The maximum atomic E-state index is 11.7. The molecule has 0 aromatic heterocycles. The third kappa shape index (κ3) is 1.68. The molecular weight excluding hydrogens is 232 g/mol. The van der Waals surface area contributed by atoms with Crippen LogP contribution in [0.2, 0.25) is 0 Å². The van der Waals surface area contributed by atoms with Gasteiger partial charge in [0.15, 0.2) is 6.10 Å². The average molecular weight is 248 g/mol. The van der Waals surface area contributed by atoms with Crippen LogP contribution in [0, 0.1) is 0 Å². The van der Waals surface area contributed by atoms with Crippen molar-refractivity contribution in [3.05, 3.63) is 29.3 Å². The summed E-state index contributed by atoms with van der Waals surface area (Å²) in [5.41, 5.74) is 1.67. The van der Waals surface area contributed by atoms with Gasteiger partial charge in [0, 0.05) is 6.42 Å². The molecule has 0 amide bonds. The van der Waals surface area contributed by atoms with Crippen LogP contribution in [-0.2, 0) is 26.3 Å². The van der Waals surface area contributed by atoms with Gasteiger partial charge in [0.25, 0.3) is 0 Å². The predicted octanol–water partition coefficient (Wildman–Crippen LogP) is 1.80. The maximum absolute atomic E-state index is 11.7. The van der Waals surface area contributed by atoms with E-state index in [-0.39, 0.29) is 5.97 Å². The summed E-state index contributed by atoms with van der Waals surface area (Å²) < 4.78 is 16.0. The van der Waals surface area contributed by atoms with Crippen LogP contribution in [0.4, 0.5) is 0 Å². The number of fused-ring (bicyclic) bond motifs is 1. The van der Waals surface area contributed by atoms with Crippen LogP contribution < -0.4 is 4.74 Å². The minimum atomic E-state index is -0.538. The molecule has 3 rings (SSSR count). The topological polar surface area (TPSA) is 48.1 Å². The maximum Gasteiger partial charge on any atom is 0.338 e. The molecule has 2 atom stereocenters. The third-order valence-electron chi connectivity index (χ3n) is 3.57.